The van der Waals surface area contributed by atoms with E-state index in [9.17, 15) is 4.79 Å². The number of ether oxygens (including phenoxy) is 5. The minimum absolute atomic E-state index is 0.0408. The Bertz CT molecular complexity index is 1130. The number of carbonyl (C=O) groups is 1. The summed E-state index contributed by atoms with van der Waals surface area (Å²) < 4.78 is 29.6. The van der Waals surface area contributed by atoms with Gasteiger partial charge >= 0.3 is 0 Å². The monoisotopic (exact) mass is 500 g/mol. The molecule has 0 bridgehead atoms. The molecule has 8 nitrogen and oxygen atoms in total. The van der Waals surface area contributed by atoms with E-state index in [2.05, 4.69) is 0 Å². The molecule has 4 rings (SSSR count). The van der Waals surface area contributed by atoms with Crippen LogP contribution in [0, 0.1) is 0 Å². The number of fused-ring (bicyclic) bond motifs is 1. The summed E-state index contributed by atoms with van der Waals surface area (Å²) in [5, 5.41) is 0.610. The number of carbonyl (C=O) groups excluding carboxylic acids is 1. The molecular weight excluding hydrogens is 468 g/mol. The van der Waals surface area contributed by atoms with Crippen molar-refractivity contribution in [1.29, 1.82) is 0 Å². The van der Waals surface area contributed by atoms with Crippen LogP contribution < -0.4 is 23.8 Å². The summed E-state index contributed by atoms with van der Waals surface area (Å²) in [6, 6.07) is 9.15. The average molecular weight is 501 g/mol. The first-order valence-corrected chi connectivity index (χ1v) is 12.8. The van der Waals surface area contributed by atoms with Gasteiger partial charge in [-0.3, -0.25) is 9.69 Å². The summed E-state index contributed by atoms with van der Waals surface area (Å²) in [4.78, 5) is 20.4. The number of nitrogens with zero attached hydrogens (tertiary/aromatic N) is 2. The van der Waals surface area contributed by atoms with Gasteiger partial charge in [0.25, 0.3) is 5.91 Å². The maximum Gasteiger partial charge on any atom is 0.260 e. The van der Waals surface area contributed by atoms with Crippen molar-refractivity contribution in [1.82, 2.24) is 4.98 Å². The van der Waals surface area contributed by atoms with Crippen molar-refractivity contribution in [2.75, 3.05) is 45.0 Å². The SMILES string of the molecule is CCOc1cc(C(=O)N(CC2CCCO2)c2nc3ccc(OC)cc3s2)cc(OCC)c1OCC. The first kappa shape index (κ1) is 25.1. The largest absolute Gasteiger partial charge is 0.497 e. The standard InChI is InChI=1S/C26H32N2O6S/c1-5-31-21-13-17(14-22(32-6-2)24(21)33-7-3)25(29)28(16-19-9-8-12-34-19)26-27-20-11-10-18(30-4)15-23(20)35-26/h10-11,13-15,19H,5-9,12,16H2,1-4H3. The highest BCUT2D eigenvalue weighted by Gasteiger charge is 2.29. The fourth-order valence-electron chi connectivity index (χ4n) is 4.04. The molecule has 0 spiro atoms. The normalized spacial score (nSPS) is 15.3. The molecule has 188 valence electrons. The van der Waals surface area contributed by atoms with Crippen molar-refractivity contribution < 1.29 is 28.5 Å². The molecule has 1 amide bonds. The maximum atomic E-state index is 14.0. The van der Waals surface area contributed by atoms with E-state index in [1.54, 1.807) is 24.1 Å². The number of amides is 1. The predicted molar refractivity (Wildman–Crippen MR) is 137 cm³/mol. The summed E-state index contributed by atoms with van der Waals surface area (Å²) in [6.07, 6.45) is 1.84. The van der Waals surface area contributed by atoms with Crippen molar-refractivity contribution in [3.63, 3.8) is 0 Å². The van der Waals surface area contributed by atoms with Gasteiger partial charge in [-0.2, -0.15) is 0 Å². The lowest BCUT2D eigenvalue weighted by Crippen LogP contribution is -2.37. The van der Waals surface area contributed by atoms with E-state index in [1.807, 2.05) is 39.0 Å². The van der Waals surface area contributed by atoms with Gasteiger partial charge in [0.05, 0.1) is 49.8 Å². The van der Waals surface area contributed by atoms with Gasteiger partial charge < -0.3 is 23.7 Å². The van der Waals surface area contributed by atoms with Gasteiger partial charge in [0.15, 0.2) is 16.6 Å². The Morgan fingerprint density at radius 1 is 1.09 bits per heavy atom. The second-order valence-electron chi connectivity index (χ2n) is 7.98. The molecule has 0 saturated carbocycles. The summed E-state index contributed by atoms with van der Waals surface area (Å²) in [7, 11) is 1.63. The molecule has 1 aromatic heterocycles. The van der Waals surface area contributed by atoms with Gasteiger partial charge in [0.2, 0.25) is 5.75 Å². The molecule has 0 aliphatic carbocycles. The fourth-order valence-corrected chi connectivity index (χ4v) is 5.04. The average Bonchev–Trinajstić information content (AvgIpc) is 3.53. The highest BCUT2D eigenvalue weighted by Crippen LogP contribution is 2.40. The Kier molecular flexibility index (Phi) is 8.30. The van der Waals surface area contributed by atoms with Crippen LogP contribution in [0.5, 0.6) is 23.0 Å². The Balaban J connectivity index is 1.76. The Morgan fingerprint density at radius 3 is 2.40 bits per heavy atom. The number of benzene rings is 2. The van der Waals surface area contributed by atoms with Crippen molar-refractivity contribution in [2.24, 2.45) is 0 Å². The minimum atomic E-state index is -0.198. The molecule has 0 radical (unpaired) electrons. The second-order valence-corrected chi connectivity index (χ2v) is 8.99. The number of aromatic nitrogens is 1. The zero-order chi connectivity index (χ0) is 24.8. The number of anilines is 1. The van der Waals surface area contributed by atoms with Crippen LogP contribution >= 0.6 is 11.3 Å². The van der Waals surface area contributed by atoms with Gasteiger partial charge in [0.1, 0.15) is 5.75 Å². The lowest BCUT2D eigenvalue weighted by atomic mass is 10.1. The number of rotatable bonds is 11. The summed E-state index contributed by atoms with van der Waals surface area (Å²) in [5.74, 6) is 2.02. The molecule has 0 N–H and O–H groups in total. The molecule has 9 heteroatoms. The molecule has 1 aliphatic rings. The smallest absolute Gasteiger partial charge is 0.260 e. The molecule has 1 fully saturated rings. The van der Waals surface area contributed by atoms with Gasteiger partial charge in [0, 0.05) is 12.2 Å². The van der Waals surface area contributed by atoms with Crippen LogP contribution in [0.25, 0.3) is 10.2 Å². The second kappa shape index (κ2) is 11.6. The van der Waals surface area contributed by atoms with Gasteiger partial charge in [-0.05, 0) is 63.9 Å². The van der Waals surface area contributed by atoms with Crippen molar-refractivity contribution >= 4 is 32.6 Å². The first-order chi connectivity index (χ1) is 17.1. The lowest BCUT2D eigenvalue weighted by molar-refractivity contribution is 0.0916. The van der Waals surface area contributed by atoms with Gasteiger partial charge in [-0.25, -0.2) is 4.98 Å². The molecule has 2 heterocycles. The highest BCUT2D eigenvalue weighted by molar-refractivity contribution is 7.22. The predicted octanol–water partition coefficient (Wildman–Crippen LogP) is 5.33. The molecule has 1 atom stereocenters. The van der Waals surface area contributed by atoms with Crippen molar-refractivity contribution in [3.05, 3.63) is 35.9 Å². The van der Waals surface area contributed by atoms with Gasteiger partial charge in [-0.15, -0.1) is 0 Å². The van der Waals surface area contributed by atoms with E-state index in [0.29, 0.717) is 60.9 Å². The van der Waals surface area contributed by atoms with E-state index >= 15 is 0 Å². The van der Waals surface area contributed by atoms with Crippen LogP contribution in [-0.2, 0) is 4.74 Å². The summed E-state index contributed by atoms with van der Waals surface area (Å²) in [5.41, 5.74) is 1.25. The van der Waals surface area contributed by atoms with Crippen LogP contribution in [0.2, 0.25) is 0 Å². The zero-order valence-corrected chi connectivity index (χ0v) is 21.5. The maximum absolute atomic E-state index is 14.0. The summed E-state index contributed by atoms with van der Waals surface area (Å²) in [6.45, 7) is 8.12. The number of hydrogen-bond donors (Lipinski definition) is 0. The van der Waals surface area contributed by atoms with E-state index in [4.69, 9.17) is 28.7 Å². The van der Waals surface area contributed by atoms with Crippen LogP contribution in [0.15, 0.2) is 30.3 Å². The molecular formula is C26H32N2O6S. The molecule has 1 unspecified atom stereocenters. The third-order valence-electron chi connectivity index (χ3n) is 5.63. The minimum Gasteiger partial charge on any atom is -0.497 e. The Labute approximate surface area is 209 Å². The lowest BCUT2D eigenvalue weighted by Gasteiger charge is -2.24. The number of thiazole rings is 1. The molecule has 2 aromatic carbocycles. The van der Waals surface area contributed by atoms with E-state index in [0.717, 1.165) is 28.8 Å². The van der Waals surface area contributed by atoms with Crippen LogP contribution in [0.4, 0.5) is 5.13 Å². The van der Waals surface area contributed by atoms with Crippen LogP contribution in [-0.4, -0.2) is 57.1 Å². The number of hydrogen-bond acceptors (Lipinski definition) is 8. The zero-order valence-electron chi connectivity index (χ0n) is 20.7. The summed E-state index contributed by atoms with van der Waals surface area (Å²) >= 11 is 1.45. The van der Waals surface area contributed by atoms with E-state index in [1.165, 1.54) is 11.3 Å². The van der Waals surface area contributed by atoms with Crippen LogP contribution in [0.3, 0.4) is 0 Å². The Morgan fingerprint density at radius 2 is 1.80 bits per heavy atom. The fraction of sp³-hybridized carbons (Fsp3) is 0.462. The Hall–Kier alpha value is -3.04. The number of methoxy groups -OCH3 is 1. The molecule has 1 saturated heterocycles. The van der Waals surface area contributed by atoms with Crippen molar-refractivity contribution in [2.45, 2.75) is 39.7 Å². The molecule has 1 aliphatic heterocycles. The van der Waals surface area contributed by atoms with Crippen molar-refractivity contribution in [3.8, 4) is 23.0 Å². The molecule has 3 aromatic rings. The van der Waals surface area contributed by atoms with E-state index < -0.39 is 0 Å². The first-order valence-electron chi connectivity index (χ1n) is 12.0. The third kappa shape index (κ3) is 5.62. The highest BCUT2D eigenvalue weighted by atomic mass is 32.1. The van der Waals surface area contributed by atoms with Gasteiger partial charge in [-0.1, -0.05) is 11.3 Å². The quantitative estimate of drug-likeness (QED) is 0.352. The van der Waals surface area contributed by atoms with Crippen LogP contribution in [0.1, 0.15) is 44.0 Å². The third-order valence-corrected chi connectivity index (χ3v) is 6.67. The van der Waals surface area contributed by atoms with E-state index in [-0.39, 0.29) is 12.0 Å². The topological polar surface area (TPSA) is 79.4 Å². The molecule has 35 heavy (non-hydrogen) atoms.